The number of nitrogens with zero attached hydrogens (tertiary/aromatic N) is 2. The highest BCUT2D eigenvalue weighted by Crippen LogP contribution is 2.19. The topological polar surface area (TPSA) is 48.3 Å². The SMILES string of the molecule is COCCNc1nccn1-c1ccc(OC(F)F)cc1. The van der Waals surface area contributed by atoms with Gasteiger partial charge in [-0.1, -0.05) is 0 Å². The zero-order valence-corrected chi connectivity index (χ0v) is 10.9. The van der Waals surface area contributed by atoms with E-state index in [0.717, 1.165) is 5.69 Å². The molecule has 2 rings (SSSR count). The summed E-state index contributed by atoms with van der Waals surface area (Å²) in [5, 5.41) is 3.12. The van der Waals surface area contributed by atoms with E-state index in [1.807, 2.05) is 4.57 Å². The Labute approximate surface area is 115 Å². The normalized spacial score (nSPS) is 10.8. The molecule has 0 spiro atoms. The molecule has 0 saturated carbocycles. The van der Waals surface area contributed by atoms with Gasteiger partial charge in [0.25, 0.3) is 0 Å². The molecule has 7 heteroatoms. The van der Waals surface area contributed by atoms with Crippen LogP contribution in [0.3, 0.4) is 0 Å². The van der Waals surface area contributed by atoms with Gasteiger partial charge in [-0.2, -0.15) is 8.78 Å². The second kappa shape index (κ2) is 6.85. The number of hydrogen-bond acceptors (Lipinski definition) is 4. The number of alkyl halides is 2. The lowest BCUT2D eigenvalue weighted by Gasteiger charge is -2.10. The summed E-state index contributed by atoms with van der Waals surface area (Å²) in [5.41, 5.74) is 0.795. The lowest BCUT2D eigenvalue weighted by Crippen LogP contribution is -2.11. The Bertz CT molecular complexity index is 529. The minimum absolute atomic E-state index is 0.123. The first kappa shape index (κ1) is 14.3. The average molecular weight is 283 g/mol. The van der Waals surface area contributed by atoms with Gasteiger partial charge in [0.15, 0.2) is 0 Å². The van der Waals surface area contributed by atoms with E-state index >= 15 is 0 Å². The van der Waals surface area contributed by atoms with Crippen LogP contribution in [0.2, 0.25) is 0 Å². The Morgan fingerprint density at radius 3 is 2.70 bits per heavy atom. The Hall–Kier alpha value is -2.15. The molecule has 0 radical (unpaired) electrons. The first-order valence-corrected chi connectivity index (χ1v) is 6.02. The van der Waals surface area contributed by atoms with E-state index < -0.39 is 6.61 Å². The van der Waals surface area contributed by atoms with Crippen molar-refractivity contribution in [2.45, 2.75) is 6.61 Å². The van der Waals surface area contributed by atoms with Gasteiger partial charge in [0.1, 0.15) is 5.75 Å². The van der Waals surface area contributed by atoms with Crippen LogP contribution in [0.1, 0.15) is 0 Å². The summed E-state index contributed by atoms with van der Waals surface area (Å²) in [4.78, 5) is 4.18. The van der Waals surface area contributed by atoms with E-state index in [0.29, 0.717) is 19.1 Å². The molecule has 0 atom stereocenters. The Morgan fingerprint density at radius 1 is 1.30 bits per heavy atom. The van der Waals surface area contributed by atoms with Crippen molar-refractivity contribution in [1.29, 1.82) is 0 Å². The summed E-state index contributed by atoms with van der Waals surface area (Å²) in [5.74, 6) is 0.780. The van der Waals surface area contributed by atoms with Gasteiger partial charge >= 0.3 is 6.61 Å². The van der Waals surface area contributed by atoms with Gasteiger partial charge in [-0.25, -0.2) is 4.98 Å². The van der Waals surface area contributed by atoms with Crippen molar-refractivity contribution in [1.82, 2.24) is 9.55 Å². The van der Waals surface area contributed by atoms with Gasteiger partial charge in [0.2, 0.25) is 5.95 Å². The summed E-state index contributed by atoms with van der Waals surface area (Å²) < 4.78 is 35.2. The largest absolute Gasteiger partial charge is 0.435 e. The maximum atomic E-state index is 12.1. The number of ether oxygens (including phenoxy) is 2. The van der Waals surface area contributed by atoms with E-state index in [2.05, 4.69) is 15.0 Å². The molecule has 1 heterocycles. The molecule has 20 heavy (non-hydrogen) atoms. The molecule has 2 aromatic rings. The number of imidazole rings is 1. The monoisotopic (exact) mass is 283 g/mol. The molecule has 0 fully saturated rings. The van der Waals surface area contributed by atoms with Crippen molar-refractivity contribution in [2.75, 3.05) is 25.6 Å². The summed E-state index contributed by atoms with van der Waals surface area (Å²) >= 11 is 0. The van der Waals surface area contributed by atoms with Crippen LogP contribution in [0.15, 0.2) is 36.7 Å². The van der Waals surface area contributed by atoms with Crippen LogP contribution in [0.5, 0.6) is 5.75 Å². The van der Waals surface area contributed by atoms with E-state index in [-0.39, 0.29) is 5.75 Å². The standard InChI is InChI=1S/C13H15F2N3O2/c1-19-9-7-17-13-16-6-8-18(13)10-2-4-11(5-3-10)20-12(14)15/h2-6,8,12H,7,9H2,1H3,(H,16,17). The Morgan fingerprint density at radius 2 is 2.05 bits per heavy atom. The summed E-state index contributed by atoms with van der Waals surface area (Å²) in [6.07, 6.45) is 3.43. The van der Waals surface area contributed by atoms with Crippen molar-refractivity contribution in [3.63, 3.8) is 0 Å². The number of aromatic nitrogens is 2. The third kappa shape index (κ3) is 3.67. The van der Waals surface area contributed by atoms with Crippen LogP contribution in [-0.4, -0.2) is 36.4 Å². The third-order valence-electron chi connectivity index (χ3n) is 2.57. The highest BCUT2D eigenvalue weighted by atomic mass is 19.3. The number of rotatable bonds is 7. The number of halogens is 2. The highest BCUT2D eigenvalue weighted by molar-refractivity contribution is 5.44. The molecule has 1 N–H and O–H groups in total. The second-order valence-corrected chi connectivity index (χ2v) is 3.91. The lowest BCUT2D eigenvalue weighted by atomic mass is 10.3. The highest BCUT2D eigenvalue weighted by Gasteiger charge is 2.06. The van der Waals surface area contributed by atoms with Crippen LogP contribution in [0.25, 0.3) is 5.69 Å². The second-order valence-electron chi connectivity index (χ2n) is 3.91. The molecule has 108 valence electrons. The van der Waals surface area contributed by atoms with Gasteiger partial charge in [0, 0.05) is 31.7 Å². The molecule has 0 aliphatic rings. The number of methoxy groups -OCH3 is 1. The van der Waals surface area contributed by atoms with Crippen LogP contribution in [0, 0.1) is 0 Å². The van der Waals surface area contributed by atoms with Crippen molar-refractivity contribution < 1.29 is 18.3 Å². The minimum Gasteiger partial charge on any atom is -0.435 e. The van der Waals surface area contributed by atoms with Crippen LogP contribution in [-0.2, 0) is 4.74 Å². The molecule has 1 aromatic heterocycles. The molecule has 0 aliphatic carbocycles. The first-order valence-electron chi connectivity index (χ1n) is 6.02. The molecule has 0 bridgehead atoms. The van der Waals surface area contributed by atoms with Gasteiger partial charge in [0.05, 0.1) is 6.61 Å². The summed E-state index contributed by atoms with van der Waals surface area (Å²) in [6, 6.07) is 6.34. The third-order valence-corrected chi connectivity index (χ3v) is 2.57. The van der Waals surface area contributed by atoms with Crippen molar-refractivity contribution in [3.8, 4) is 11.4 Å². The van der Waals surface area contributed by atoms with Gasteiger partial charge < -0.3 is 14.8 Å². The number of nitrogens with one attached hydrogen (secondary N) is 1. The van der Waals surface area contributed by atoms with Crippen molar-refractivity contribution in [2.24, 2.45) is 0 Å². The van der Waals surface area contributed by atoms with Crippen LogP contribution >= 0.6 is 0 Å². The molecule has 0 aliphatic heterocycles. The maximum absolute atomic E-state index is 12.1. The van der Waals surface area contributed by atoms with E-state index in [4.69, 9.17) is 4.74 Å². The first-order chi connectivity index (χ1) is 9.70. The van der Waals surface area contributed by atoms with Gasteiger partial charge in [-0.3, -0.25) is 4.57 Å². The lowest BCUT2D eigenvalue weighted by molar-refractivity contribution is -0.0498. The van der Waals surface area contributed by atoms with E-state index in [1.165, 1.54) is 12.1 Å². The van der Waals surface area contributed by atoms with Gasteiger partial charge in [-0.15, -0.1) is 0 Å². The Balaban J connectivity index is 2.09. The zero-order chi connectivity index (χ0) is 14.4. The van der Waals surface area contributed by atoms with E-state index in [1.54, 1.807) is 31.6 Å². The van der Waals surface area contributed by atoms with Crippen molar-refractivity contribution in [3.05, 3.63) is 36.7 Å². The average Bonchev–Trinajstić information content (AvgIpc) is 2.88. The fourth-order valence-electron chi connectivity index (χ4n) is 1.70. The molecule has 1 aromatic carbocycles. The number of benzene rings is 1. The quantitative estimate of drug-likeness (QED) is 0.793. The smallest absolute Gasteiger partial charge is 0.387 e. The number of anilines is 1. The van der Waals surface area contributed by atoms with Crippen LogP contribution in [0.4, 0.5) is 14.7 Å². The summed E-state index contributed by atoms with van der Waals surface area (Å²) in [6.45, 7) is -1.63. The molecule has 0 amide bonds. The van der Waals surface area contributed by atoms with Crippen LogP contribution < -0.4 is 10.1 Å². The fourth-order valence-corrected chi connectivity index (χ4v) is 1.70. The number of hydrogen-bond donors (Lipinski definition) is 1. The molecule has 0 unspecified atom stereocenters. The maximum Gasteiger partial charge on any atom is 0.387 e. The fraction of sp³-hybridized carbons (Fsp3) is 0.308. The van der Waals surface area contributed by atoms with Crippen molar-refractivity contribution >= 4 is 5.95 Å². The Kier molecular flexibility index (Phi) is 4.89. The van der Waals surface area contributed by atoms with Gasteiger partial charge in [-0.05, 0) is 24.3 Å². The molecular weight excluding hydrogens is 268 g/mol. The van der Waals surface area contributed by atoms with E-state index in [9.17, 15) is 8.78 Å². The molecule has 5 nitrogen and oxygen atoms in total. The summed E-state index contributed by atoms with van der Waals surface area (Å²) in [7, 11) is 1.62. The zero-order valence-electron chi connectivity index (χ0n) is 10.9. The minimum atomic E-state index is -2.82. The molecular formula is C13H15F2N3O2. The predicted molar refractivity (Wildman–Crippen MR) is 70.6 cm³/mol. The predicted octanol–water partition coefficient (Wildman–Crippen LogP) is 2.53. The molecule has 0 saturated heterocycles.